The Morgan fingerprint density at radius 2 is 0.549 bits per heavy atom. The average Bonchev–Trinajstić information content (AvgIpc) is 0.919. The summed E-state index contributed by atoms with van der Waals surface area (Å²) < 4.78 is 68.3. The number of ether oxygens (including phenoxy) is 4. The molecule has 0 saturated carbocycles. The topological polar surface area (TPSA) is 237 Å². The van der Waals surface area contributed by atoms with Gasteiger partial charge in [-0.05, 0) is 128 Å². The number of carbonyl (C=O) groups is 4. The molecule has 19 heteroatoms. The fraction of sp³-hybridized carbons (Fsp3) is 0.639. The second-order valence-corrected chi connectivity index (χ2v) is 28.1. The lowest BCUT2D eigenvalue weighted by atomic mass is 10.0. The number of phosphoric ester groups is 2. The maximum atomic E-state index is 13.1. The molecule has 0 fully saturated rings. The van der Waals surface area contributed by atoms with Gasteiger partial charge in [0.25, 0.3) is 0 Å². The van der Waals surface area contributed by atoms with Crippen LogP contribution in [-0.2, 0) is 65.4 Å². The first-order chi connectivity index (χ1) is 49.7. The summed E-state index contributed by atoms with van der Waals surface area (Å²) in [5, 5.41) is 10.6. The van der Waals surface area contributed by atoms with E-state index in [2.05, 4.69) is 155 Å². The Morgan fingerprint density at radius 1 is 0.294 bits per heavy atom. The molecule has 0 aliphatic carbocycles. The number of hydrogen-bond donors (Lipinski definition) is 3. The minimum absolute atomic E-state index is 0.0184. The van der Waals surface area contributed by atoms with Gasteiger partial charge in [0, 0.05) is 19.3 Å². The number of aliphatic hydroxyl groups is 1. The van der Waals surface area contributed by atoms with Crippen molar-refractivity contribution in [3.8, 4) is 0 Å². The van der Waals surface area contributed by atoms with Gasteiger partial charge in [-0.25, -0.2) is 9.13 Å². The highest BCUT2D eigenvalue weighted by Gasteiger charge is 2.30. The van der Waals surface area contributed by atoms with E-state index in [1.807, 2.05) is 24.3 Å². The maximum Gasteiger partial charge on any atom is 0.472 e. The van der Waals surface area contributed by atoms with E-state index in [1.54, 1.807) is 6.08 Å². The third-order valence-electron chi connectivity index (χ3n) is 15.5. The molecule has 0 amide bonds. The highest BCUT2D eigenvalue weighted by molar-refractivity contribution is 7.47. The zero-order valence-electron chi connectivity index (χ0n) is 63.2. The number of aliphatic hydroxyl groups excluding tert-OH is 1. The summed E-state index contributed by atoms with van der Waals surface area (Å²) in [5.41, 5.74) is 0. The van der Waals surface area contributed by atoms with Crippen LogP contribution in [0.2, 0.25) is 0 Å². The van der Waals surface area contributed by atoms with Gasteiger partial charge < -0.3 is 33.8 Å². The lowest BCUT2D eigenvalue weighted by Gasteiger charge is -2.21. The fourth-order valence-electron chi connectivity index (χ4n) is 9.75. The number of hydrogen-bond acceptors (Lipinski definition) is 15. The van der Waals surface area contributed by atoms with Gasteiger partial charge in [-0.1, -0.05) is 288 Å². The van der Waals surface area contributed by atoms with Crippen molar-refractivity contribution in [2.24, 2.45) is 0 Å². The molecular formula is C83H136O17P2. The summed E-state index contributed by atoms with van der Waals surface area (Å²) in [6.07, 6.45) is 85.5. The van der Waals surface area contributed by atoms with E-state index in [0.29, 0.717) is 32.1 Å². The molecule has 0 radical (unpaired) electrons. The SMILES string of the molecule is CC/C=C\C/C=C\C/C=C\C/C=C\C/C=C\CC(=O)OCC(COP(=O)(O)OCC(O)COP(=O)(O)OCC(COC(=O)CCCCCCCC/C=C\C/C=C\C/C=C\C/C=C\CC)OC(=O)CCCCCCCCCCCCCCC)OC(=O)CCCC/C=C\C/C=C\C/C=C\C/C=C\CC. The highest BCUT2D eigenvalue weighted by Crippen LogP contribution is 2.45. The largest absolute Gasteiger partial charge is 0.472 e. The molecule has 0 aliphatic heterocycles. The Bertz CT molecular complexity index is 2550. The predicted octanol–water partition coefficient (Wildman–Crippen LogP) is 22.4. The van der Waals surface area contributed by atoms with E-state index >= 15 is 0 Å². The number of rotatable bonds is 71. The molecule has 0 saturated heterocycles. The molecule has 0 bridgehead atoms. The van der Waals surface area contributed by atoms with Crippen LogP contribution in [0.15, 0.2) is 158 Å². The van der Waals surface area contributed by atoms with Crippen LogP contribution in [0.25, 0.3) is 0 Å². The quantitative estimate of drug-likeness (QED) is 0.0169. The van der Waals surface area contributed by atoms with Crippen molar-refractivity contribution in [1.82, 2.24) is 0 Å². The van der Waals surface area contributed by atoms with Gasteiger partial charge in [-0.3, -0.25) is 37.3 Å². The Morgan fingerprint density at radius 3 is 0.892 bits per heavy atom. The summed E-state index contributed by atoms with van der Waals surface area (Å²) in [7, 11) is -10.0. The van der Waals surface area contributed by atoms with Crippen molar-refractivity contribution >= 4 is 39.5 Å². The Labute approximate surface area is 617 Å². The predicted molar refractivity (Wildman–Crippen MR) is 417 cm³/mol. The molecule has 5 atom stereocenters. The van der Waals surface area contributed by atoms with Crippen LogP contribution in [-0.4, -0.2) is 96.7 Å². The van der Waals surface area contributed by atoms with Crippen molar-refractivity contribution in [1.29, 1.82) is 0 Å². The lowest BCUT2D eigenvalue weighted by Crippen LogP contribution is -2.30. The molecule has 0 rings (SSSR count). The van der Waals surface area contributed by atoms with Gasteiger partial charge in [0.1, 0.15) is 19.3 Å². The molecule has 0 aromatic heterocycles. The highest BCUT2D eigenvalue weighted by atomic mass is 31.2. The van der Waals surface area contributed by atoms with Crippen LogP contribution in [0.4, 0.5) is 0 Å². The second-order valence-electron chi connectivity index (χ2n) is 25.2. The molecular weight excluding hydrogens is 1330 g/mol. The van der Waals surface area contributed by atoms with Crippen LogP contribution in [0, 0.1) is 0 Å². The normalized spacial score (nSPS) is 14.8. The van der Waals surface area contributed by atoms with Crippen molar-refractivity contribution in [2.75, 3.05) is 39.6 Å². The Kier molecular flexibility index (Phi) is 70.1. The van der Waals surface area contributed by atoms with Gasteiger partial charge in [-0.15, -0.1) is 0 Å². The molecule has 0 aromatic carbocycles. The molecule has 3 N–H and O–H groups in total. The van der Waals surface area contributed by atoms with Gasteiger partial charge in [-0.2, -0.15) is 0 Å². The molecule has 580 valence electrons. The first-order valence-electron chi connectivity index (χ1n) is 38.7. The van der Waals surface area contributed by atoms with Crippen LogP contribution in [0.5, 0.6) is 0 Å². The van der Waals surface area contributed by atoms with Crippen LogP contribution in [0.3, 0.4) is 0 Å². The smallest absolute Gasteiger partial charge is 0.462 e. The van der Waals surface area contributed by atoms with Crippen molar-refractivity contribution in [3.63, 3.8) is 0 Å². The second kappa shape index (κ2) is 74.0. The van der Waals surface area contributed by atoms with E-state index in [9.17, 15) is 43.2 Å². The van der Waals surface area contributed by atoms with E-state index in [0.717, 1.165) is 148 Å². The van der Waals surface area contributed by atoms with E-state index in [-0.39, 0.29) is 25.7 Å². The third kappa shape index (κ3) is 73.0. The number of esters is 4. The summed E-state index contributed by atoms with van der Waals surface area (Å²) in [4.78, 5) is 72.8. The maximum absolute atomic E-state index is 13.1. The number of allylic oxidation sites excluding steroid dienone is 25. The number of carbonyl (C=O) groups excluding carboxylic acids is 4. The van der Waals surface area contributed by atoms with E-state index in [1.165, 1.54) is 51.4 Å². The number of phosphoric acid groups is 2. The Balaban J connectivity index is 5.45. The van der Waals surface area contributed by atoms with Crippen LogP contribution >= 0.6 is 15.6 Å². The minimum atomic E-state index is -5.01. The van der Waals surface area contributed by atoms with Gasteiger partial charge in [0.2, 0.25) is 0 Å². The third-order valence-corrected chi connectivity index (χ3v) is 17.4. The molecule has 0 aromatic rings. The Hall–Kier alpha value is -5.32. The molecule has 102 heavy (non-hydrogen) atoms. The first-order valence-corrected chi connectivity index (χ1v) is 41.7. The zero-order valence-corrected chi connectivity index (χ0v) is 65.0. The molecule has 17 nitrogen and oxygen atoms in total. The van der Waals surface area contributed by atoms with E-state index < -0.39 is 97.5 Å². The molecule has 0 aliphatic rings. The zero-order chi connectivity index (χ0) is 74.6. The summed E-state index contributed by atoms with van der Waals surface area (Å²) in [5.74, 6) is -2.39. The van der Waals surface area contributed by atoms with Crippen molar-refractivity contribution in [2.45, 2.75) is 303 Å². The van der Waals surface area contributed by atoms with E-state index in [4.69, 9.17) is 37.0 Å². The van der Waals surface area contributed by atoms with Gasteiger partial charge in [0.15, 0.2) is 12.2 Å². The molecule has 0 spiro atoms. The molecule has 0 heterocycles. The lowest BCUT2D eigenvalue weighted by molar-refractivity contribution is -0.161. The van der Waals surface area contributed by atoms with Crippen LogP contribution < -0.4 is 0 Å². The van der Waals surface area contributed by atoms with Crippen molar-refractivity contribution in [3.05, 3.63) is 158 Å². The van der Waals surface area contributed by atoms with Crippen molar-refractivity contribution < 1.29 is 80.2 Å². The molecule has 5 unspecified atom stereocenters. The van der Waals surface area contributed by atoms with Gasteiger partial charge >= 0.3 is 39.5 Å². The monoisotopic (exact) mass is 1470 g/mol. The van der Waals surface area contributed by atoms with Gasteiger partial charge in [0.05, 0.1) is 32.8 Å². The summed E-state index contributed by atoms with van der Waals surface area (Å²) in [6.45, 7) is 4.34. The average molecular weight is 1470 g/mol. The summed E-state index contributed by atoms with van der Waals surface area (Å²) >= 11 is 0. The standard InChI is InChI=1S/C83H136O17P2/c1-5-9-13-17-21-25-29-33-36-37-38-39-42-45-48-52-56-60-64-68-81(86)94-73-78(99-82(87)69-65-61-57-53-49-43-32-28-24-20-16-12-8-4)75-97-101(89,90)95-71-77(84)72-96-102(91,92)98-76-79(100-83(88)70-66-62-58-54-50-46-41-35-31-27-23-19-15-11-7-3)74-93-80(85)67-63-59-55-51-47-44-40-34-30-26-22-18-14-10-6-2/h9-11,13-15,21-23,25-27,33-36,38-41,47,50-51,54,59,63,77-79,84H,5-8,12,16-20,24,28-32,37,42-46,48-49,52-53,55-58,60-62,64-76H2,1-4H3,(H,89,90)(H,91,92)/b13-9-,14-10-,15-11-,25-21-,26-22-,27-23-,36-33-,39-38-,40-34-,41-35-,51-47-,54-50-,63-59-. The number of unbranched alkanes of at least 4 members (excludes halogenated alkanes) is 20. The fourth-order valence-corrected chi connectivity index (χ4v) is 11.3. The summed E-state index contributed by atoms with van der Waals surface area (Å²) in [6, 6.07) is 0. The first kappa shape index (κ1) is 96.7. The minimum Gasteiger partial charge on any atom is -0.462 e. The van der Waals surface area contributed by atoms with Crippen LogP contribution in [0.1, 0.15) is 285 Å².